The monoisotopic (exact) mass is 239 g/mol. The van der Waals surface area contributed by atoms with Crippen molar-refractivity contribution in [2.45, 2.75) is 13.8 Å². The Morgan fingerprint density at radius 2 is 2.08 bits per heavy atom. The zero-order valence-electron chi connectivity index (χ0n) is 7.81. The minimum Gasteiger partial charge on any atom is -0.495 e. The Bertz CT molecular complexity index is 379. The molecule has 2 nitrogen and oxygen atoms in total. The molecule has 68 valence electrons. The highest BCUT2D eigenvalue weighted by Crippen LogP contribution is 2.30. The van der Waals surface area contributed by atoms with Crippen LogP contribution < -0.4 is 4.74 Å². The molecule has 0 aliphatic rings. The summed E-state index contributed by atoms with van der Waals surface area (Å²) in [5.74, 6) is 0.640. The molecule has 1 rings (SSSR count). The van der Waals surface area contributed by atoms with E-state index >= 15 is 0 Å². The van der Waals surface area contributed by atoms with Crippen LogP contribution in [0.4, 0.5) is 0 Å². The van der Waals surface area contributed by atoms with Crippen LogP contribution >= 0.6 is 15.9 Å². The van der Waals surface area contributed by atoms with Crippen LogP contribution in [0, 0.1) is 25.2 Å². The molecule has 0 unspecified atom stereocenters. The number of halogens is 1. The fourth-order valence-electron chi connectivity index (χ4n) is 1.22. The summed E-state index contributed by atoms with van der Waals surface area (Å²) in [6.07, 6.45) is 0. The average Bonchev–Trinajstić information content (AvgIpc) is 2.13. The maximum absolute atomic E-state index is 8.89. The molecule has 0 spiro atoms. The quantitative estimate of drug-likeness (QED) is 0.755. The van der Waals surface area contributed by atoms with Gasteiger partial charge in [-0.1, -0.05) is 15.9 Å². The molecule has 0 heterocycles. The maximum atomic E-state index is 8.89. The maximum Gasteiger partial charge on any atom is 0.137 e. The van der Waals surface area contributed by atoms with Crippen molar-refractivity contribution >= 4 is 15.9 Å². The zero-order valence-corrected chi connectivity index (χ0v) is 9.40. The molecule has 0 N–H and O–H groups in total. The molecular formula is C10H10BrNO. The van der Waals surface area contributed by atoms with Crippen LogP contribution in [0.5, 0.6) is 5.75 Å². The summed E-state index contributed by atoms with van der Waals surface area (Å²) in [6, 6.07) is 3.98. The summed E-state index contributed by atoms with van der Waals surface area (Å²) < 4.78 is 6.09. The third kappa shape index (κ3) is 1.68. The normalized spacial score (nSPS) is 9.46. The fourth-order valence-corrected chi connectivity index (χ4v) is 1.54. The third-order valence-electron chi connectivity index (χ3n) is 1.98. The number of hydrogen-bond acceptors (Lipinski definition) is 2. The van der Waals surface area contributed by atoms with Gasteiger partial charge < -0.3 is 4.74 Å². The van der Waals surface area contributed by atoms with Gasteiger partial charge in [-0.25, -0.2) is 0 Å². The van der Waals surface area contributed by atoms with E-state index in [1.54, 1.807) is 7.11 Å². The number of rotatable bonds is 1. The molecule has 0 saturated heterocycles. The summed E-state index contributed by atoms with van der Waals surface area (Å²) >= 11 is 3.43. The van der Waals surface area contributed by atoms with E-state index in [9.17, 15) is 0 Å². The second kappa shape index (κ2) is 3.80. The molecular weight excluding hydrogens is 230 g/mol. The van der Waals surface area contributed by atoms with Crippen LogP contribution in [-0.4, -0.2) is 7.11 Å². The second-order valence-electron chi connectivity index (χ2n) is 2.82. The minimum absolute atomic E-state index is 0.597. The molecule has 0 saturated carbocycles. The lowest BCUT2D eigenvalue weighted by atomic mass is 10.1. The van der Waals surface area contributed by atoms with E-state index in [0.29, 0.717) is 11.3 Å². The lowest BCUT2D eigenvalue weighted by molar-refractivity contribution is 0.412. The Hall–Kier alpha value is -1.01. The van der Waals surface area contributed by atoms with Crippen molar-refractivity contribution in [3.8, 4) is 11.8 Å². The van der Waals surface area contributed by atoms with E-state index < -0.39 is 0 Å². The molecule has 0 radical (unpaired) electrons. The van der Waals surface area contributed by atoms with Crippen LogP contribution in [0.1, 0.15) is 16.7 Å². The van der Waals surface area contributed by atoms with Crippen LogP contribution in [0.2, 0.25) is 0 Å². The van der Waals surface area contributed by atoms with E-state index in [1.165, 1.54) is 0 Å². The Morgan fingerprint density at radius 3 is 2.54 bits per heavy atom. The first-order valence-electron chi connectivity index (χ1n) is 3.85. The number of benzene rings is 1. The number of methoxy groups -OCH3 is 1. The Morgan fingerprint density at radius 1 is 1.46 bits per heavy atom. The van der Waals surface area contributed by atoms with Crippen molar-refractivity contribution in [3.63, 3.8) is 0 Å². The van der Waals surface area contributed by atoms with Crippen LogP contribution in [-0.2, 0) is 0 Å². The van der Waals surface area contributed by atoms with Gasteiger partial charge in [-0.15, -0.1) is 0 Å². The van der Waals surface area contributed by atoms with Gasteiger partial charge in [0.15, 0.2) is 0 Å². The van der Waals surface area contributed by atoms with Gasteiger partial charge in [-0.3, -0.25) is 0 Å². The molecule has 0 atom stereocenters. The van der Waals surface area contributed by atoms with Gasteiger partial charge in [0.05, 0.1) is 12.7 Å². The first kappa shape index (κ1) is 10.1. The average molecular weight is 240 g/mol. The van der Waals surface area contributed by atoms with Crippen molar-refractivity contribution in [3.05, 3.63) is 27.2 Å². The van der Waals surface area contributed by atoms with Gasteiger partial charge in [-0.05, 0) is 31.0 Å². The summed E-state index contributed by atoms with van der Waals surface area (Å²) in [7, 11) is 1.57. The molecule has 3 heteroatoms. The molecule has 1 aromatic carbocycles. The lowest BCUT2D eigenvalue weighted by Gasteiger charge is -2.09. The van der Waals surface area contributed by atoms with Gasteiger partial charge >= 0.3 is 0 Å². The number of aryl methyl sites for hydroxylation is 1. The summed E-state index contributed by atoms with van der Waals surface area (Å²) in [6.45, 7) is 3.87. The van der Waals surface area contributed by atoms with E-state index in [2.05, 4.69) is 22.0 Å². The van der Waals surface area contributed by atoms with Crippen molar-refractivity contribution < 1.29 is 4.74 Å². The highest BCUT2D eigenvalue weighted by Gasteiger charge is 2.11. The zero-order chi connectivity index (χ0) is 10.0. The highest BCUT2D eigenvalue weighted by molar-refractivity contribution is 9.10. The molecule has 1 aromatic rings. The van der Waals surface area contributed by atoms with Crippen molar-refractivity contribution in [2.75, 3.05) is 7.11 Å². The van der Waals surface area contributed by atoms with Gasteiger partial charge in [0, 0.05) is 4.47 Å². The molecule has 0 bridgehead atoms. The van der Waals surface area contributed by atoms with E-state index in [-0.39, 0.29) is 0 Å². The lowest BCUT2D eigenvalue weighted by Crippen LogP contribution is -1.94. The molecule has 13 heavy (non-hydrogen) atoms. The number of ether oxygens (including phenoxy) is 1. The Labute approximate surface area is 86.3 Å². The summed E-state index contributed by atoms with van der Waals surface area (Å²) in [5, 5.41) is 8.89. The number of nitrogens with zero attached hydrogens (tertiary/aromatic N) is 1. The molecule has 0 fully saturated rings. The second-order valence-corrected chi connectivity index (χ2v) is 3.61. The first-order chi connectivity index (χ1) is 6.11. The molecule has 0 amide bonds. The van der Waals surface area contributed by atoms with Gasteiger partial charge in [0.1, 0.15) is 11.8 Å². The standard InChI is InChI=1S/C10H10BrNO/c1-6-4-9(13-3)8(5-12)7(2)10(6)11/h4H,1-3H3. The van der Waals surface area contributed by atoms with E-state index in [1.807, 2.05) is 19.9 Å². The predicted octanol–water partition coefficient (Wildman–Crippen LogP) is 2.95. The fraction of sp³-hybridized carbons (Fsp3) is 0.300. The van der Waals surface area contributed by atoms with E-state index in [0.717, 1.165) is 15.6 Å². The molecule has 0 aliphatic heterocycles. The largest absolute Gasteiger partial charge is 0.495 e. The minimum atomic E-state index is 0.597. The van der Waals surface area contributed by atoms with Crippen LogP contribution in [0.15, 0.2) is 10.5 Å². The van der Waals surface area contributed by atoms with Crippen molar-refractivity contribution in [1.29, 1.82) is 5.26 Å². The third-order valence-corrected chi connectivity index (χ3v) is 3.20. The SMILES string of the molecule is COc1cc(C)c(Br)c(C)c1C#N. The highest BCUT2D eigenvalue weighted by atomic mass is 79.9. The Balaban J connectivity index is 3.50. The van der Waals surface area contributed by atoms with Crippen LogP contribution in [0.25, 0.3) is 0 Å². The van der Waals surface area contributed by atoms with Crippen molar-refractivity contribution in [2.24, 2.45) is 0 Å². The van der Waals surface area contributed by atoms with Gasteiger partial charge in [0.25, 0.3) is 0 Å². The first-order valence-corrected chi connectivity index (χ1v) is 4.65. The van der Waals surface area contributed by atoms with Crippen molar-refractivity contribution in [1.82, 2.24) is 0 Å². The van der Waals surface area contributed by atoms with Crippen LogP contribution in [0.3, 0.4) is 0 Å². The van der Waals surface area contributed by atoms with Gasteiger partial charge in [0.2, 0.25) is 0 Å². The Kier molecular flexibility index (Phi) is 2.94. The summed E-state index contributed by atoms with van der Waals surface area (Å²) in [4.78, 5) is 0. The number of hydrogen-bond donors (Lipinski definition) is 0. The molecule has 0 aliphatic carbocycles. The number of nitriles is 1. The predicted molar refractivity (Wildman–Crippen MR) is 54.9 cm³/mol. The molecule has 0 aromatic heterocycles. The van der Waals surface area contributed by atoms with E-state index in [4.69, 9.17) is 10.00 Å². The van der Waals surface area contributed by atoms with Gasteiger partial charge in [-0.2, -0.15) is 5.26 Å². The summed E-state index contributed by atoms with van der Waals surface area (Å²) in [5.41, 5.74) is 2.60. The topological polar surface area (TPSA) is 33.0 Å². The smallest absolute Gasteiger partial charge is 0.137 e.